The van der Waals surface area contributed by atoms with E-state index in [-0.39, 0.29) is 18.9 Å². The Hall–Kier alpha value is -3.15. The summed E-state index contributed by atoms with van der Waals surface area (Å²) in [6.45, 7) is 0.221. The summed E-state index contributed by atoms with van der Waals surface area (Å²) in [7, 11) is 0. The number of benzene rings is 2. The Bertz CT molecular complexity index is 979. The first kappa shape index (κ1) is 14.2. The number of fused-ring (bicyclic) bond motifs is 4. The predicted molar refractivity (Wildman–Crippen MR) is 94.2 cm³/mol. The zero-order valence-electron chi connectivity index (χ0n) is 13.5. The molecule has 3 N–H and O–H groups in total. The van der Waals surface area contributed by atoms with Gasteiger partial charge in [-0.2, -0.15) is 0 Å². The Morgan fingerprint density at radius 1 is 1.08 bits per heavy atom. The first-order valence-corrected chi connectivity index (χ1v) is 8.32. The second kappa shape index (κ2) is 5.44. The van der Waals surface area contributed by atoms with E-state index in [0.29, 0.717) is 17.2 Å². The number of aromatic nitrogens is 1. The molecule has 25 heavy (non-hydrogen) atoms. The van der Waals surface area contributed by atoms with E-state index in [1.165, 1.54) is 16.6 Å². The quantitative estimate of drug-likeness (QED) is 0.673. The molecule has 1 aliphatic carbocycles. The lowest BCUT2D eigenvalue weighted by molar-refractivity contribution is 0.174. The lowest BCUT2D eigenvalue weighted by Gasteiger charge is -2.13. The highest BCUT2D eigenvalue weighted by molar-refractivity contribution is 5.90. The third-order valence-corrected chi connectivity index (χ3v) is 4.77. The molecule has 0 fully saturated rings. The SMILES string of the molecule is O=C(Nc1ccc2c(c1)OCO2)NC1Cc2[nH]c3ccccc3c2C1. The van der Waals surface area contributed by atoms with E-state index < -0.39 is 0 Å². The number of amides is 2. The highest BCUT2D eigenvalue weighted by Crippen LogP contribution is 2.34. The van der Waals surface area contributed by atoms with Gasteiger partial charge in [0.2, 0.25) is 6.79 Å². The van der Waals surface area contributed by atoms with E-state index in [9.17, 15) is 4.79 Å². The van der Waals surface area contributed by atoms with Crippen molar-refractivity contribution in [2.24, 2.45) is 0 Å². The van der Waals surface area contributed by atoms with Crippen molar-refractivity contribution in [3.8, 4) is 11.5 Å². The molecule has 126 valence electrons. The summed E-state index contributed by atoms with van der Waals surface area (Å²) in [6, 6.07) is 13.5. The molecule has 0 radical (unpaired) electrons. The van der Waals surface area contributed by atoms with Crippen molar-refractivity contribution < 1.29 is 14.3 Å². The minimum Gasteiger partial charge on any atom is -0.454 e. The van der Waals surface area contributed by atoms with Crippen molar-refractivity contribution >= 4 is 22.6 Å². The zero-order chi connectivity index (χ0) is 16.8. The minimum atomic E-state index is -0.210. The van der Waals surface area contributed by atoms with Crippen LogP contribution in [0.1, 0.15) is 11.3 Å². The van der Waals surface area contributed by atoms with Gasteiger partial charge in [0.25, 0.3) is 0 Å². The molecule has 1 unspecified atom stereocenters. The Morgan fingerprint density at radius 2 is 1.96 bits per heavy atom. The van der Waals surface area contributed by atoms with Crippen LogP contribution in [-0.2, 0) is 12.8 Å². The van der Waals surface area contributed by atoms with Gasteiger partial charge in [-0.1, -0.05) is 18.2 Å². The largest absolute Gasteiger partial charge is 0.454 e. The number of anilines is 1. The molecule has 2 amide bonds. The Morgan fingerprint density at radius 3 is 2.92 bits per heavy atom. The van der Waals surface area contributed by atoms with Gasteiger partial charge in [0.05, 0.1) is 0 Å². The van der Waals surface area contributed by atoms with Gasteiger partial charge in [0.15, 0.2) is 11.5 Å². The molecule has 3 aromatic rings. The fourth-order valence-corrected chi connectivity index (χ4v) is 3.66. The van der Waals surface area contributed by atoms with E-state index >= 15 is 0 Å². The van der Waals surface area contributed by atoms with Gasteiger partial charge in [-0.25, -0.2) is 4.79 Å². The summed E-state index contributed by atoms with van der Waals surface area (Å²) in [6.07, 6.45) is 1.66. The van der Waals surface area contributed by atoms with Gasteiger partial charge in [0.1, 0.15) is 0 Å². The molecule has 0 saturated carbocycles. The number of carbonyl (C=O) groups is 1. The minimum absolute atomic E-state index is 0.0971. The zero-order valence-corrected chi connectivity index (χ0v) is 13.5. The van der Waals surface area contributed by atoms with Gasteiger partial charge in [0, 0.05) is 40.8 Å². The maximum absolute atomic E-state index is 12.3. The van der Waals surface area contributed by atoms with E-state index in [0.717, 1.165) is 18.4 Å². The lowest BCUT2D eigenvalue weighted by Crippen LogP contribution is -2.38. The van der Waals surface area contributed by atoms with Crippen LogP contribution in [0.2, 0.25) is 0 Å². The summed E-state index contributed by atoms with van der Waals surface area (Å²) in [4.78, 5) is 15.8. The Balaban J connectivity index is 1.26. The highest BCUT2D eigenvalue weighted by atomic mass is 16.7. The number of ether oxygens (including phenoxy) is 2. The number of aromatic amines is 1. The topological polar surface area (TPSA) is 75.4 Å². The summed E-state index contributed by atoms with van der Waals surface area (Å²) in [5, 5.41) is 7.16. The van der Waals surface area contributed by atoms with Crippen LogP contribution >= 0.6 is 0 Å². The van der Waals surface area contributed by atoms with E-state index in [1.807, 2.05) is 12.1 Å². The molecule has 6 nitrogen and oxygen atoms in total. The molecule has 5 rings (SSSR count). The summed E-state index contributed by atoms with van der Waals surface area (Å²) in [5.74, 6) is 1.35. The molecule has 2 aromatic carbocycles. The number of urea groups is 1. The number of rotatable bonds is 2. The average molecular weight is 335 g/mol. The normalized spacial score (nSPS) is 17.5. The molecule has 1 aliphatic heterocycles. The van der Waals surface area contributed by atoms with Crippen LogP contribution in [0.25, 0.3) is 10.9 Å². The standard InChI is InChI=1S/C19H17N3O3/c23-19(20-11-5-6-17-18(9-11)25-10-24-17)21-12-7-14-13-3-1-2-4-15(13)22-16(14)8-12/h1-6,9,12,22H,7-8,10H2,(H2,20,21,23). The predicted octanol–water partition coefficient (Wildman–Crippen LogP) is 3.19. The van der Waals surface area contributed by atoms with E-state index in [4.69, 9.17) is 9.47 Å². The van der Waals surface area contributed by atoms with Gasteiger partial charge < -0.3 is 25.1 Å². The smallest absolute Gasteiger partial charge is 0.319 e. The van der Waals surface area contributed by atoms with Crippen LogP contribution in [0.3, 0.4) is 0 Å². The summed E-state index contributed by atoms with van der Waals surface area (Å²) in [5.41, 5.74) is 4.37. The number of carbonyl (C=O) groups excluding carboxylic acids is 1. The summed E-state index contributed by atoms with van der Waals surface area (Å²) >= 11 is 0. The van der Waals surface area contributed by atoms with Crippen molar-refractivity contribution in [3.05, 3.63) is 53.7 Å². The van der Waals surface area contributed by atoms with Crippen molar-refractivity contribution in [1.29, 1.82) is 0 Å². The van der Waals surface area contributed by atoms with Crippen molar-refractivity contribution in [3.63, 3.8) is 0 Å². The van der Waals surface area contributed by atoms with Crippen LogP contribution in [-0.4, -0.2) is 23.8 Å². The fourth-order valence-electron chi connectivity index (χ4n) is 3.66. The van der Waals surface area contributed by atoms with Gasteiger partial charge >= 0.3 is 6.03 Å². The number of nitrogens with one attached hydrogen (secondary N) is 3. The molecule has 0 saturated heterocycles. The first-order chi connectivity index (χ1) is 12.3. The van der Waals surface area contributed by atoms with Crippen LogP contribution in [0.5, 0.6) is 11.5 Å². The number of hydrogen-bond acceptors (Lipinski definition) is 3. The van der Waals surface area contributed by atoms with Crippen LogP contribution < -0.4 is 20.1 Å². The van der Waals surface area contributed by atoms with Crippen LogP contribution in [0, 0.1) is 0 Å². The summed E-state index contributed by atoms with van der Waals surface area (Å²) < 4.78 is 10.6. The van der Waals surface area contributed by atoms with Gasteiger partial charge in [-0.15, -0.1) is 0 Å². The van der Waals surface area contributed by atoms with Crippen LogP contribution in [0.15, 0.2) is 42.5 Å². The van der Waals surface area contributed by atoms with Crippen molar-refractivity contribution in [2.45, 2.75) is 18.9 Å². The molecule has 1 aromatic heterocycles. The van der Waals surface area contributed by atoms with Gasteiger partial charge in [-0.3, -0.25) is 0 Å². The number of para-hydroxylation sites is 1. The second-order valence-corrected chi connectivity index (χ2v) is 6.40. The first-order valence-electron chi connectivity index (χ1n) is 8.32. The number of hydrogen-bond donors (Lipinski definition) is 3. The Kier molecular flexibility index (Phi) is 3.09. The molecule has 2 heterocycles. The third kappa shape index (κ3) is 2.46. The van der Waals surface area contributed by atoms with E-state index in [2.05, 4.69) is 27.8 Å². The molecule has 1 atom stereocenters. The molecular weight excluding hydrogens is 318 g/mol. The van der Waals surface area contributed by atoms with Crippen LogP contribution in [0.4, 0.5) is 10.5 Å². The maximum atomic E-state index is 12.3. The average Bonchev–Trinajstić information content (AvgIpc) is 3.28. The number of H-pyrrole nitrogens is 1. The second-order valence-electron chi connectivity index (χ2n) is 6.40. The molecule has 0 spiro atoms. The Labute approximate surface area is 144 Å². The van der Waals surface area contributed by atoms with Crippen molar-refractivity contribution in [2.75, 3.05) is 12.1 Å². The maximum Gasteiger partial charge on any atom is 0.319 e. The molecular formula is C19H17N3O3. The highest BCUT2D eigenvalue weighted by Gasteiger charge is 2.26. The van der Waals surface area contributed by atoms with Gasteiger partial charge in [-0.05, 0) is 30.2 Å². The van der Waals surface area contributed by atoms with E-state index in [1.54, 1.807) is 18.2 Å². The monoisotopic (exact) mass is 335 g/mol. The lowest BCUT2D eigenvalue weighted by atomic mass is 10.1. The van der Waals surface area contributed by atoms with Crippen molar-refractivity contribution in [1.82, 2.24) is 10.3 Å². The molecule has 0 bridgehead atoms. The molecule has 6 heteroatoms. The third-order valence-electron chi connectivity index (χ3n) is 4.77. The fraction of sp³-hybridized carbons (Fsp3) is 0.211. The molecule has 2 aliphatic rings.